The average molecular weight is 161 g/mol. The van der Waals surface area contributed by atoms with Crippen LogP contribution in [-0.2, 0) is 0 Å². The summed E-state index contributed by atoms with van der Waals surface area (Å²) < 4.78 is 58.0. The van der Waals surface area contributed by atoms with E-state index in [1.54, 1.807) is 0 Å². The van der Waals surface area contributed by atoms with Crippen LogP contribution in [0, 0.1) is 6.92 Å². The summed E-state index contributed by atoms with van der Waals surface area (Å²) >= 11 is 0. The highest BCUT2D eigenvalue weighted by Gasteiger charge is 2.44. The van der Waals surface area contributed by atoms with E-state index in [0.717, 1.165) is 0 Å². The van der Waals surface area contributed by atoms with Crippen molar-refractivity contribution in [3.8, 4) is 0 Å². The van der Waals surface area contributed by atoms with E-state index < -0.39 is 24.9 Å². The van der Waals surface area contributed by atoms with Crippen LogP contribution in [-0.4, -0.2) is 18.5 Å². The van der Waals surface area contributed by atoms with Crippen LogP contribution < -0.4 is 0 Å². The van der Waals surface area contributed by atoms with Gasteiger partial charge in [-0.25, -0.2) is 22.0 Å². The first-order valence-corrected chi connectivity index (χ1v) is 2.51. The molecule has 0 aromatic carbocycles. The number of hydrogen-bond donors (Lipinski definition) is 0. The summed E-state index contributed by atoms with van der Waals surface area (Å²) in [7, 11) is 0. The van der Waals surface area contributed by atoms with E-state index in [1.165, 1.54) is 0 Å². The SMILES string of the molecule is [CH2]CC(F)(F)[C@@H](F)C(F)F. The maximum absolute atomic E-state index is 11.9. The van der Waals surface area contributed by atoms with E-state index in [0.29, 0.717) is 0 Å². The van der Waals surface area contributed by atoms with E-state index in [1.807, 2.05) is 0 Å². The molecule has 1 radical (unpaired) electrons. The molecule has 0 aromatic heterocycles. The van der Waals surface area contributed by atoms with Crippen molar-refractivity contribution in [1.82, 2.24) is 0 Å². The lowest BCUT2D eigenvalue weighted by molar-refractivity contribution is -0.125. The fourth-order valence-electron chi connectivity index (χ4n) is 0.322. The minimum absolute atomic E-state index is 1.15. The van der Waals surface area contributed by atoms with Crippen LogP contribution >= 0.6 is 0 Å². The standard InChI is InChI=1S/C5H6F5/c1-2-5(9,10)3(6)4(7)8/h3-4H,1-2H2/t3-/m0/s1. The van der Waals surface area contributed by atoms with Crippen molar-refractivity contribution in [1.29, 1.82) is 0 Å². The largest absolute Gasteiger partial charge is 0.284 e. The molecule has 0 spiro atoms. The molecule has 0 heterocycles. The van der Waals surface area contributed by atoms with E-state index in [-0.39, 0.29) is 0 Å². The Bertz CT molecular complexity index is 100. The van der Waals surface area contributed by atoms with Gasteiger partial charge in [-0.2, -0.15) is 0 Å². The third-order valence-electron chi connectivity index (χ3n) is 0.958. The van der Waals surface area contributed by atoms with Gasteiger partial charge in [0, 0.05) is 6.42 Å². The van der Waals surface area contributed by atoms with Gasteiger partial charge < -0.3 is 0 Å². The Morgan fingerprint density at radius 1 is 1.20 bits per heavy atom. The van der Waals surface area contributed by atoms with Crippen LogP contribution in [0.1, 0.15) is 6.42 Å². The van der Waals surface area contributed by atoms with Gasteiger partial charge in [-0.15, -0.1) is 0 Å². The quantitative estimate of drug-likeness (QED) is 0.557. The topological polar surface area (TPSA) is 0 Å². The molecular formula is C5H6F5. The molecule has 5 heteroatoms. The fraction of sp³-hybridized carbons (Fsp3) is 0.800. The first-order chi connectivity index (χ1) is 4.41. The molecule has 0 aromatic rings. The minimum Gasteiger partial charge on any atom is -0.234 e. The molecule has 0 nitrogen and oxygen atoms in total. The molecule has 0 fully saturated rings. The second-order valence-electron chi connectivity index (χ2n) is 1.75. The molecule has 0 saturated heterocycles. The lowest BCUT2D eigenvalue weighted by Crippen LogP contribution is -2.34. The zero-order valence-electron chi connectivity index (χ0n) is 4.96. The first kappa shape index (κ1) is 9.65. The molecule has 0 rings (SSSR count). The molecule has 0 aliphatic carbocycles. The number of hydrogen-bond acceptors (Lipinski definition) is 0. The summed E-state index contributed by atoms with van der Waals surface area (Å²) in [6.07, 6.45) is -8.19. The van der Waals surface area contributed by atoms with Gasteiger partial charge in [-0.1, -0.05) is 0 Å². The van der Waals surface area contributed by atoms with Crippen molar-refractivity contribution in [3.05, 3.63) is 6.92 Å². The third kappa shape index (κ3) is 2.11. The van der Waals surface area contributed by atoms with Crippen LogP contribution in [0.3, 0.4) is 0 Å². The van der Waals surface area contributed by atoms with E-state index >= 15 is 0 Å². The van der Waals surface area contributed by atoms with Crippen LogP contribution in [0.4, 0.5) is 22.0 Å². The Hall–Kier alpha value is -0.350. The van der Waals surface area contributed by atoms with E-state index in [9.17, 15) is 22.0 Å². The molecule has 1 atom stereocenters. The Balaban J connectivity index is 4.03. The van der Waals surface area contributed by atoms with Crippen molar-refractivity contribution < 1.29 is 22.0 Å². The molecule has 0 unspecified atom stereocenters. The van der Waals surface area contributed by atoms with Crippen LogP contribution in [0.25, 0.3) is 0 Å². The molecule has 0 bridgehead atoms. The number of alkyl halides is 5. The summed E-state index contributed by atoms with van der Waals surface area (Å²) in [4.78, 5) is 0. The zero-order chi connectivity index (χ0) is 8.36. The van der Waals surface area contributed by atoms with Gasteiger partial charge in [0.15, 0.2) is 0 Å². The molecule has 0 aliphatic rings. The average Bonchev–Trinajstić information content (AvgIpc) is 1.86. The van der Waals surface area contributed by atoms with E-state index in [2.05, 4.69) is 6.92 Å². The van der Waals surface area contributed by atoms with Crippen molar-refractivity contribution >= 4 is 0 Å². The lowest BCUT2D eigenvalue weighted by Gasteiger charge is -2.17. The van der Waals surface area contributed by atoms with Gasteiger partial charge in [0.2, 0.25) is 6.17 Å². The van der Waals surface area contributed by atoms with Gasteiger partial charge in [0.05, 0.1) is 0 Å². The zero-order valence-corrected chi connectivity index (χ0v) is 4.96. The monoisotopic (exact) mass is 161 g/mol. The van der Waals surface area contributed by atoms with Gasteiger partial charge in [-0.3, -0.25) is 0 Å². The molecule has 0 amide bonds. The van der Waals surface area contributed by atoms with E-state index in [4.69, 9.17) is 0 Å². The molecule has 0 aliphatic heterocycles. The first-order valence-electron chi connectivity index (χ1n) is 2.51. The summed E-state index contributed by atoms with van der Waals surface area (Å²) in [5, 5.41) is 0. The molecule has 10 heavy (non-hydrogen) atoms. The van der Waals surface area contributed by atoms with Gasteiger partial charge in [0.25, 0.3) is 12.3 Å². The predicted molar refractivity (Wildman–Crippen MR) is 25.8 cm³/mol. The third-order valence-corrected chi connectivity index (χ3v) is 0.958. The maximum atomic E-state index is 11.9. The van der Waals surface area contributed by atoms with Gasteiger partial charge in [-0.05, 0) is 6.92 Å². The summed E-state index contributed by atoms with van der Waals surface area (Å²) in [5.41, 5.74) is 0. The van der Waals surface area contributed by atoms with Gasteiger partial charge >= 0.3 is 0 Å². The maximum Gasteiger partial charge on any atom is 0.284 e. The number of halogens is 5. The van der Waals surface area contributed by atoms with Crippen LogP contribution in [0.2, 0.25) is 0 Å². The minimum atomic E-state index is -4.01. The second-order valence-corrected chi connectivity index (χ2v) is 1.75. The second kappa shape index (κ2) is 3.16. The molecule has 61 valence electrons. The van der Waals surface area contributed by atoms with Gasteiger partial charge in [0.1, 0.15) is 0 Å². The van der Waals surface area contributed by atoms with Crippen molar-refractivity contribution in [2.45, 2.75) is 24.9 Å². The van der Waals surface area contributed by atoms with Crippen LogP contribution in [0.15, 0.2) is 0 Å². The smallest absolute Gasteiger partial charge is 0.234 e. The normalized spacial score (nSPS) is 15.9. The Kier molecular flexibility index (Phi) is 3.05. The summed E-state index contributed by atoms with van der Waals surface area (Å²) in [6, 6.07) is 0. The number of rotatable bonds is 3. The molecule has 0 N–H and O–H groups in total. The summed E-state index contributed by atoms with van der Waals surface area (Å²) in [5.74, 6) is -4.01. The van der Waals surface area contributed by atoms with Crippen LogP contribution in [0.5, 0.6) is 0 Å². The lowest BCUT2D eigenvalue weighted by atomic mass is 10.2. The fourth-order valence-corrected chi connectivity index (χ4v) is 0.322. The highest BCUT2D eigenvalue weighted by molar-refractivity contribution is 4.79. The summed E-state index contributed by atoms with van der Waals surface area (Å²) in [6.45, 7) is 2.64. The predicted octanol–water partition coefficient (Wildman–Crippen LogP) is 2.45. The van der Waals surface area contributed by atoms with Crippen molar-refractivity contribution in [2.75, 3.05) is 0 Å². The molecular weight excluding hydrogens is 155 g/mol. The highest BCUT2D eigenvalue weighted by Crippen LogP contribution is 2.28. The van der Waals surface area contributed by atoms with Crippen molar-refractivity contribution in [3.63, 3.8) is 0 Å². The Labute approximate surface area is 55.0 Å². The van der Waals surface area contributed by atoms with Crippen molar-refractivity contribution in [2.24, 2.45) is 0 Å². The highest BCUT2D eigenvalue weighted by atomic mass is 19.3. The Morgan fingerprint density at radius 3 is 1.70 bits per heavy atom. The molecule has 0 saturated carbocycles. The Morgan fingerprint density at radius 2 is 1.60 bits per heavy atom.